The van der Waals surface area contributed by atoms with Crippen molar-refractivity contribution >= 4 is 22.9 Å². The minimum Gasteiger partial charge on any atom is -0.316 e. The Morgan fingerprint density at radius 3 is 2.79 bits per heavy atom. The fraction of sp³-hybridized carbons (Fsp3) is 0.368. The molecule has 3 heterocycles. The molecule has 4 nitrogen and oxygen atoms in total. The van der Waals surface area contributed by atoms with Gasteiger partial charge in [-0.25, -0.2) is 9.97 Å². The first-order chi connectivity index (χ1) is 11.7. The van der Waals surface area contributed by atoms with Crippen LogP contribution >= 0.6 is 11.8 Å². The normalized spacial score (nSPS) is 18.5. The molecule has 0 unspecified atom stereocenters. The molecular formula is C19H22N4S. The number of benzene rings is 1. The maximum absolute atomic E-state index is 4.83. The van der Waals surface area contributed by atoms with E-state index in [-0.39, 0.29) is 0 Å². The number of hydrogen-bond acceptors (Lipinski definition) is 4. The van der Waals surface area contributed by atoms with Crippen molar-refractivity contribution in [2.75, 3.05) is 19.3 Å². The Morgan fingerprint density at radius 1 is 1.21 bits per heavy atom. The van der Waals surface area contributed by atoms with Gasteiger partial charge in [-0.15, -0.1) is 11.8 Å². The molecular weight excluding hydrogens is 316 g/mol. The van der Waals surface area contributed by atoms with E-state index in [9.17, 15) is 0 Å². The van der Waals surface area contributed by atoms with Crippen molar-refractivity contribution in [3.63, 3.8) is 0 Å². The Morgan fingerprint density at radius 2 is 2.04 bits per heavy atom. The zero-order valence-corrected chi connectivity index (χ0v) is 15.0. The number of aromatic nitrogens is 3. The zero-order valence-electron chi connectivity index (χ0n) is 14.1. The summed E-state index contributed by atoms with van der Waals surface area (Å²) >= 11 is 1.79. The van der Waals surface area contributed by atoms with Gasteiger partial charge < -0.3 is 4.57 Å². The van der Waals surface area contributed by atoms with Gasteiger partial charge in [0.05, 0.1) is 0 Å². The van der Waals surface area contributed by atoms with Crippen LogP contribution in [0.3, 0.4) is 0 Å². The largest absolute Gasteiger partial charge is 0.316 e. The summed E-state index contributed by atoms with van der Waals surface area (Å²) in [6.07, 6.45) is 5.12. The first-order valence-electron chi connectivity index (χ1n) is 8.37. The quantitative estimate of drug-likeness (QED) is 0.680. The van der Waals surface area contributed by atoms with Crippen molar-refractivity contribution in [2.24, 2.45) is 7.05 Å². The molecule has 1 aliphatic heterocycles. The van der Waals surface area contributed by atoms with Crippen LogP contribution in [0.25, 0.3) is 11.2 Å². The lowest BCUT2D eigenvalue weighted by Gasteiger charge is -2.16. The lowest BCUT2D eigenvalue weighted by molar-refractivity contribution is 0.325. The third kappa shape index (κ3) is 2.94. The summed E-state index contributed by atoms with van der Waals surface area (Å²) in [7, 11) is 2.08. The number of rotatable bonds is 4. The summed E-state index contributed by atoms with van der Waals surface area (Å²) in [4.78, 5) is 13.1. The van der Waals surface area contributed by atoms with Gasteiger partial charge in [-0.05, 0) is 49.1 Å². The number of hydrogen-bond donors (Lipinski definition) is 0. The fourth-order valence-corrected chi connectivity index (χ4v) is 3.99. The molecule has 0 amide bonds. The maximum atomic E-state index is 4.83. The second-order valence-corrected chi connectivity index (χ2v) is 7.32. The van der Waals surface area contributed by atoms with Gasteiger partial charge in [0.15, 0.2) is 5.65 Å². The first-order valence-corrected chi connectivity index (χ1v) is 9.59. The Kier molecular flexibility index (Phi) is 4.29. The van der Waals surface area contributed by atoms with Crippen LogP contribution in [0.1, 0.15) is 23.7 Å². The van der Waals surface area contributed by atoms with E-state index in [4.69, 9.17) is 4.98 Å². The van der Waals surface area contributed by atoms with Crippen molar-refractivity contribution in [3.8, 4) is 0 Å². The fourth-order valence-electron chi connectivity index (χ4n) is 3.58. The monoisotopic (exact) mass is 338 g/mol. The summed E-state index contributed by atoms with van der Waals surface area (Å²) in [5.74, 6) is 1.67. The van der Waals surface area contributed by atoms with Gasteiger partial charge in [0.25, 0.3) is 0 Å². The van der Waals surface area contributed by atoms with E-state index in [1.54, 1.807) is 11.8 Å². The van der Waals surface area contributed by atoms with E-state index >= 15 is 0 Å². The number of likely N-dealkylation sites (tertiary alicyclic amines) is 1. The molecule has 5 heteroatoms. The van der Waals surface area contributed by atoms with E-state index in [1.807, 2.05) is 18.3 Å². The molecule has 0 N–H and O–H groups in total. The second-order valence-electron chi connectivity index (χ2n) is 6.44. The summed E-state index contributed by atoms with van der Waals surface area (Å²) in [6.45, 7) is 3.22. The molecule has 0 aliphatic carbocycles. The number of pyridine rings is 1. The van der Waals surface area contributed by atoms with E-state index in [0.717, 1.165) is 30.8 Å². The molecule has 0 bridgehead atoms. The van der Waals surface area contributed by atoms with Crippen LogP contribution in [0, 0.1) is 0 Å². The standard InChI is InChI=1S/C19H22N4S/c1-22-18(21-17-4-3-10-20-19(17)22)15-9-11-23(13-15)12-14-5-7-16(24-2)8-6-14/h3-8,10,15H,9,11-13H2,1-2H3/t15-/m0/s1. The van der Waals surface area contributed by atoms with E-state index in [1.165, 1.54) is 22.7 Å². The molecule has 4 rings (SSSR count). The molecule has 0 radical (unpaired) electrons. The average Bonchev–Trinajstić information content (AvgIpc) is 3.21. The Bertz CT molecular complexity index is 840. The van der Waals surface area contributed by atoms with Crippen molar-refractivity contribution < 1.29 is 0 Å². The highest BCUT2D eigenvalue weighted by Crippen LogP contribution is 2.29. The van der Waals surface area contributed by atoms with Crippen molar-refractivity contribution in [1.29, 1.82) is 0 Å². The number of imidazole rings is 1. The minimum absolute atomic E-state index is 0.495. The second kappa shape index (κ2) is 6.57. The SMILES string of the molecule is CSc1ccc(CN2CC[C@H](c3nc4cccnc4n3C)C2)cc1. The van der Waals surface area contributed by atoms with Gasteiger partial charge in [0, 0.05) is 37.1 Å². The topological polar surface area (TPSA) is 34.0 Å². The molecule has 1 fully saturated rings. The molecule has 1 aliphatic rings. The van der Waals surface area contributed by atoms with E-state index in [2.05, 4.69) is 52.0 Å². The van der Waals surface area contributed by atoms with Crippen LogP contribution in [0.2, 0.25) is 0 Å². The smallest absolute Gasteiger partial charge is 0.159 e. The summed E-state index contributed by atoms with van der Waals surface area (Å²) in [6, 6.07) is 12.9. The van der Waals surface area contributed by atoms with Gasteiger partial charge >= 0.3 is 0 Å². The molecule has 24 heavy (non-hydrogen) atoms. The van der Waals surface area contributed by atoms with Crippen LogP contribution in [0.5, 0.6) is 0 Å². The van der Waals surface area contributed by atoms with Crippen LogP contribution in [0.4, 0.5) is 0 Å². The molecule has 0 spiro atoms. The van der Waals surface area contributed by atoms with Gasteiger partial charge in [0.1, 0.15) is 11.3 Å². The minimum atomic E-state index is 0.495. The lowest BCUT2D eigenvalue weighted by atomic mass is 10.1. The average molecular weight is 338 g/mol. The molecule has 1 atom stereocenters. The predicted molar refractivity (Wildman–Crippen MR) is 99.4 cm³/mol. The van der Waals surface area contributed by atoms with Crippen LogP contribution in [0.15, 0.2) is 47.5 Å². The van der Waals surface area contributed by atoms with Gasteiger partial charge in [0.2, 0.25) is 0 Å². The van der Waals surface area contributed by atoms with E-state index in [0.29, 0.717) is 5.92 Å². The maximum Gasteiger partial charge on any atom is 0.159 e. The third-order valence-electron chi connectivity index (χ3n) is 4.87. The van der Waals surface area contributed by atoms with Crippen molar-refractivity contribution in [1.82, 2.24) is 19.4 Å². The Balaban J connectivity index is 1.48. The Labute approximate surface area is 146 Å². The number of thioether (sulfide) groups is 1. The number of fused-ring (bicyclic) bond motifs is 1. The highest BCUT2D eigenvalue weighted by Gasteiger charge is 2.27. The summed E-state index contributed by atoms with van der Waals surface area (Å²) in [5.41, 5.74) is 3.37. The van der Waals surface area contributed by atoms with Gasteiger partial charge in [-0.2, -0.15) is 0 Å². The summed E-state index contributed by atoms with van der Waals surface area (Å²) in [5, 5.41) is 0. The lowest BCUT2D eigenvalue weighted by Crippen LogP contribution is -2.20. The van der Waals surface area contributed by atoms with Crippen molar-refractivity contribution in [2.45, 2.75) is 23.8 Å². The Hall–Kier alpha value is -1.85. The predicted octanol–water partition coefficient (Wildman–Crippen LogP) is 3.68. The molecule has 124 valence electrons. The van der Waals surface area contributed by atoms with Crippen LogP contribution in [-0.2, 0) is 13.6 Å². The van der Waals surface area contributed by atoms with Crippen LogP contribution < -0.4 is 0 Å². The first kappa shape index (κ1) is 15.7. The highest BCUT2D eigenvalue weighted by atomic mass is 32.2. The van der Waals surface area contributed by atoms with Crippen molar-refractivity contribution in [3.05, 3.63) is 54.0 Å². The number of aryl methyl sites for hydroxylation is 1. The molecule has 2 aromatic heterocycles. The van der Waals surface area contributed by atoms with E-state index < -0.39 is 0 Å². The molecule has 3 aromatic rings. The van der Waals surface area contributed by atoms with Crippen LogP contribution in [-0.4, -0.2) is 38.8 Å². The molecule has 1 aromatic carbocycles. The third-order valence-corrected chi connectivity index (χ3v) is 5.61. The molecule has 1 saturated heterocycles. The van der Waals surface area contributed by atoms with Gasteiger partial charge in [-0.3, -0.25) is 4.90 Å². The number of nitrogens with zero attached hydrogens (tertiary/aromatic N) is 4. The summed E-state index contributed by atoms with van der Waals surface area (Å²) < 4.78 is 2.16. The molecule has 0 saturated carbocycles. The zero-order chi connectivity index (χ0) is 16.5. The van der Waals surface area contributed by atoms with Gasteiger partial charge in [-0.1, -0.05) is 12.1 Å². The highest BCUT2D eigenvalue weighted by molar-refractivity contribution is 7.98.